The summed E-state index contributed by atoms with van der Waals surface area (Å²) in [7, 11) is 0. The molecule has 9 nitrogen and oxygen atoms in total. The van der Waals surface area contributed by atoms with Crippen LogP contribution in [0.25, 0.3) is 0 Å². The molecule has 0 aromatic heterocycles. The number of thiocarbonyl (C=S) groups is 1. The van der Waals surface area contributed by atoms with E-state index in [4.69, 9.17) is 17.2 Å². The van der Waals surface area contributed by atoms with E-state index in [9.17, 15) is 25.0 Å². The molecule has 164 valence electrons. The molecule has 1 unspecified atom stereocenters. The molecule has 1 atom stereocenters. The second kappa shape index (κ2) is 8.32. The molecule has 3 aromatic rings. The first kappa shape index (κ1) is 21.9. The highest BCUT2D eigenvalue weighted by Crippen LogP contribution is 2.38. The second-order valence-electron chi connectivity index (χ2n) is 7.41. The second-order valence-corrected chi connectivity index (χ2v) is 7.80. The maximum absolute atomic E-state index is 13.7. The van der Waals surface area contributed by atoms with Gasteiger partial charge in [-0.2, -0.15) is 0 Å². The average Bonchev–Trinajstić information content (AvgIpc) is 3.10. The minimum absolute atomic E-state index is 0.117. The Morgan fingerprint density at radius 3 is 1.94 bits per heavy atom. The lowest BCUT2D eigenvalue weighted by molar-refractivity contribution is -0.394. The van der Waals surface area contributed by atoms with E-state index in [1.165, 1.54) is 4.90 Å². The highest BCUT2D eigenvalue weighted by molar-refractivity contribution is 7.82. The Balaban J connectivity index is 1.88. The lowest BCUT2D eigenvalue weighted by atomic mass is 9.99. The summed E-state index contributed by atoms with van der Waals surface area (Å²) >= 11 is 5.64. The van der Waals surface area contributed by atoms with Crippen LogP contribution >= 0.6 is 12.2 Å². The van der Waals surface area contributed by atoms with E-state index >= 15 is 0 Å². The number of nitro groups is 2. The maximum atomic E-state index is 13.7. The van der Waals surface area contributed by atoms with Gasteiger partial charge < -0.3 is 0 Å². The number of carbonyl (C=O) groups is 1. The molecule has 0 saturated heterocycles. The molecule has 0 N–H and O–H groups in total. The third-order valence-corrected chi connectivity index (χ3v) is 5.69. The number of aliphatic imine (C=N–C) groups is 1. The van der Waals surface area contributed by atoms with Gasteiger partial charge in [-0.15, -0.1) is 0 Å². The monoisotopic (exact) mass is 460 g/mol. The van der Waals surface area contributed by atoms with E-state index in [-0.39, 0.29) is 10.6 Å². The van der Waals surface area contributed by atoms with Crippen molar-refractivity contribution in [3.05, 3.63) is 116 Å². The van der Waals surface area contributed by atoms with Crippen molar-refractivity contribution in [2.45, 2.75) is 12.6 Å². The highest BCUT2D eigenvalue weighted by atomic mass is 32.1. The van der Waals surface area contributed by atoms with Crippen molar-refractivity contribution >= 4 is 40.2 Å². The Hall–Kier alpha value is -4.31. The quantitative estimate of drug-likeness (QED) is 0.311. The average molecular weight is 460 g/mol. The minimum atomic E-state index is -1.26. The van der Waals surface area contributed by atoms with Crippen LogP contribution in [0, 0.1) is 20.2 Å². The van der Waals surface area contributed by atoms with Gasteiger partial charge in [-0.3, -0.25) is 29.9 Å². The van der Waals surface area contributed by atoms with Gasteiger partial charge in [0.1, 0.15) is 10.7 Å². The van der Waals surface area contributed by atoms with Crippen molar-refractivity contribution in [1.82, 2.24) is 4.90 Å². The van der Waals surface area contributed by atoms with Crippen LogP contribution in [-0.2, 0) is 5.66 Å². The molecule has 33 heavy (non-hydrogen) atoms. The van der Waals surface area contributed by atoms with Gasteiger partial charge >= 0.3 is 0 Å². The number of hydrogen-bond acceptors (Lipinski definition) is 7. The molecule has 0 fully saturated rings. The summed E-state index contributed by atoms with van der Waals surface area (Å²) in [5.74, 6) is -0.729. The zero-order valence-corrected chi connectivity index (χ0v) is 18.1. The Labute approximate surface area is 193 Å². The molecule has 1 amide bonds. The molecule has 10 heteroatoms. The lowest BCUT2D eigenvalue weighted by Gasteiger charge is -2.33. The van der Waals surface area contributed by atoms with Crippen LogP contribution < -0.4 is 0 Å². The smallest absolute Gasteiger partial charge is 0.269 e. The molecule has 1 aliphatic rings. The molecule has 0 bridgehead atoms. The first-order valence-electron chi connectivity index (χ1n) is 9.76. The molecule has 1 aliphatic heterocycles. The number of hydrogen-bond donors (Lipinski definition) is 0. The van der Waals surface area contributed by atoms with Gasteiger partial charge in [-0.25, -0.2) is 4.99 Å². The highest BCUT2D eigenvalue weighted by Gasteiger charge is 2.47. The molecule has 4 rings (SSSR count). The van der Waals surface area contributed by atoms with Gasteiger partial charge in [-0.1, -0.05) is 72.9 Å². The van der Waals surface area contributed by atoms with Crippen molar-refractivity contribution in [1.29, 1.82) is 0 Å². The molecule has 0 spiro atoms. The molecular weight excluding hydrogens is 444 g/mol. The van der Waals surface area contributed by atoms with E-state index in [1.807, 2.05) is 36.4 Å². The van der Waals surface area contributed by atoms with Crippen LogP contribution in [0.4, 0.5) is 11.4 Å². The fourth-order valence-corrected chi connectivity index (χ4v) is 4.12. The fourth-order valence-electron chi connectivity index (χ4n) is 3.70. The number of nitrogens with zero attached hydrogens (tertiary/aromatic N) is 4. The van der Waals surface area contributed by atoms with Crippen molar-refractivity contribution in [3.8, 4) is 0 Å². The third kappa shape index (κ3) is 3.87. The van der Waals surface area contributed by atoms with Crippen LogP contribution in [0.15, 0.2) is 83.9 Å². The van der Waals surface area contributed by atoms with Crippen molar-refractivity contribution in [3.63, 3.8) is 0 Å². The minimum Gasteiger partial charge on any atom is -0.269 e. The number of rotatable bonds is 5. The Morgan fingerprint density at radius 1 is 0.909 bits per heavy atom. The third-order valence-electron chi connectivity index (χ3n) is 5.31. The van der Waals surface area contributed by atoms with Gasteiger partial charge in [0, 0.05) is 17.7 Å². The van der Waals surface area contributed by atoms with Gasteiger partial charge in [-0.05, 0) is 12.5 Å². The molecule has 3 aromatic carbocycles. The summed E-state index contributed by atoms with van der Waals surface area (Å²) in [6.45, 7) is 1.70. The molecule has 0 saturated carbocycles. The zero-order valence-electron chi connectivity index (χ0n) is 17.2. The number of non-ortho nitro benzene ring substituents is 2. The maximum Gasteiger partial charge on any atom is 0.277 e. The Bertz CT molecular complexity index is 1290. The first-order valence-corrected chi connectivity index (χ1v) is 10.2. The van der Waals surface area contributed by atoms with Gasteiger partial charge in [0.25, 0.3) is 17.3 Å². The number of nitro benzene ring substituents is 2. The summed E-state index contributed by atoms with van der Waals surface area (Å²) in [6, 6.07) is 20.9. The molecular formula is C23H16N4O5S. The number of benzene rings is 3. The van der Waals surface area contributed by atoms with Crippen molar-refractivity contribution < 1.29 is 14.6 Å². The summed E-state index contributed by atoms with van der Waals surface area (Å²) in [5.41, 5.74) is -0.863. The Morgan fingerprint density at radius 2 is 1.42 bits per heavy atom. The fraction of sp³-hybridized carbons (Fsp3) is 0.0870. The summed E-state index contributed by atoms with van der Waals surface area (Å²) < 4.78 is 0. The predicted molar refractivity (Wildman–Crippen MR) is 125 cm³/mol. The van der Waals surface area contributed by atoms with Crippen molar-refractivity contribution in [2.24, 2.45) is 4.99 Å². The van der Waals surface area contributed by atoms with E-state index in [1.54, 1.807) is 31.2 Å². The van der Waals surface area contributed by atoms with Crippen LogP contribution in [0.1, 0.15) is 28.4 Å². The van der Waals surface area contributed by atoms with Crippen LogP contribution in [0.3, 0.4) is 0 Å². The molecule has 0 aliphatic carbocycles. The number of amides is 1. The van der Waals surface area contributed by atoms with E-state index in [0.29, 0.717) is 16.8 Å². The Kier molecular flexibility index (Phi) is 5.52. The van der Waals surface area contributed by atoms with Gasteiger partial charge in [0.15, 0.2) is 5.66 Å². The summed E-state index contributed by atoms with van der Waals surface area (Å²) in [6.07, 6.45) is 0. The predicted octanol–water partition coefficient (Wildman–Crippen LogP) is 4.65. The molecule has 1 heterocycles. The van der Waals surface area contributed by atoms with E-state index < -0.39 is 32.8 Å². The first-order chi connectivity index (χ1) is 15.7. The number of carbonyl (C=O) groups excluding carboxylic acids is 1. The summed E-state index contributed by atoms with van der Waals surface area (Å²) in [4.78, 5) is 41.0. The van der Waals surface area contributed by atoms with Crippen molar-refractivity contribution in [2.75, 3.05) is 0 Å². The topological polar surface area (TPSA) is 119 Å². The zero-order chi connectivity index (χ0) is 23.8. The van der Waals surface area contributed by atoms with E-state index in [0.717, 1.165) is 18.2 Å². The standard InChI is InChI=1S/C23H16N4O5S/c1-23(17-10-6-3-7-11-17)24-20(15-8-4-2-5-9-15)22(33)25(23)21(28)16-12-18(26(29)30)14-19(13-16)27(31)32/h2-14H,1H3. The van der Waals surface area contributed by atoms with E-state index in [2.05, 4.69) is 0 Å². The van der Waals surface area contributed by atoms with Gasteiger partial charge in [0.05, 0.1) is 21.5 Å². The largest absolute Gasteiger partial charge is 0.277 e. The summed E-state index contributed by atoms with van der Waals surface area (Å²) in [5, 5.41) is 22.7. The van der Waals surface area contributed by atoms with Crippen LogP contribution in [0.2, 0.25) is 0 Å². The normalized spacial score (nSPS) is 17.5. The molecule has 0 radical (unpaired) electrons. The van der Waals surface area contributed by atoms with Crippen LogP contribution in [0.5, 0.6) is 0 Å². The SMILES string of the molecule is CC1(c2ccccc2)N=C(c2ccccc2)C(=S)N1C(=O)c1cc([N+](=O)[O-])cc([N+](=O)[O-])c1. The lowest BCUT2D eigenvalue weighted by Crippen LogP contribution is -2.46. The van der Waals surface area contributed by atoms with Crippen LogP contribution in [-0.4, -0.2) is 31.4 Å². The van der Waals surface area contributed by atoms with Gasteiger partial charge in [0.2, 0.25) is 0 Å².